The van der Waals surface area contributed by atoms with E-state index in [0.717, 1.165) is 36.8 Å². The van der Waals surface area contributed by atoms with Gasteiger partial charge in [-0.25, -0.2) is 0 Å². The number of benzene rings is 2. The quantitative estimate of drug-likeness (QED) is 0.499. The van der Waals surface area contributed by atoms with E-state index in [0.29, 0.717) is 54.5 Å². The molecule has 0 radical (unpaired) electrons. The largest absolute Gasteiger partial charge is 0.493 e. The van der Waals surface area contributed by atoms with Crippen LogP contribution < -0.4 is 24.8 Å². The molecule has 0 atom stereocenters. The van der Waals surface area contributed by atoms with Crippen LogP contribution in [0.1, 0.15) is 47.2 Å². The van der Waals surface area contributed by atoms with Crippen molar-refractivity contribution in [2.24, 2.45) is 0 Å². The van der Waals surface area contributed by atoms with Crippen LogP contribution >= 0.6 is 0 Å². The highest BCUT2D eigenvalue weighted by Gasteiger charge is 2.30. The van der Waals surface area contributed by atoms with Crippen LogP contribution in [-0.4, -0.2) is 56.7 Å². The molecule has 2 N–H and O–H groups in total. The Kier molecular flexibility index (Phi) is 7.57. The van der Waals surface area contributed by atoms with E-state index in [1.807, 2.05) is 36.4 Å². The Morgan fingerprint density at radius 1 is 0.912 bits per heavy atom. The molecule has 0 saturated heterocycles. The number of nitrogens with zero attached hydrogens (tertiary/aromatic N) is 1. The molecule has 182 valence electrons. The molecule has 2 saturated carbocycles. The van der Waals surface area contributed by atoms with E-state index < -0.39 is 0 Å². The lowest BCUT2D eigenvalue weighted by atomic mass is 10.1. The van der Waals surface area contributed by atoms with Crippen LogP contribution in [0.2, 0.25) is 0 Å². The number of nitrogens with one attached hydrogen (secondary N) is 2. The zero-order valence-corrected chi connectivity index (χ0v) is 20.1. The van der Waals surface area contributed by atoms with E-state index in [1.54, 1.807) is 21.3 Å². The van der Waals surface area contributed by atoms with Crippen molar-refractivity contribution in [3.8, 4) is 17.2 Å². The van der Waals surface area contributed by atoms with Crippen LogP contribution in [0, 0.1) is 0 Å². The van der Waals surface area contributed by atoms with E-state index in [2.05, 4.69) is 15.5 Å². The van der Waals surface area contributed by atoms with Gasteiger partial charge in [0.15, 0.2) is 11.5 Å². The average Bonchev–Trinajstić information content (AvgIpc) is 3.77. The van der Waals surface area contributed by atoms with E-state index >= 15 is 0 Å². The first kappa shape index (κ1) is 23.9. The smallest absolute Gasteiger partial charge is 0.251 e. The van der Waals surface area contributed by atoms with E-state index in [9.17, 15) is 9.59 Å². The molecule has 0 unspecified atom stereocenters. The van der Waals surface area contributed by atoms with Crippen LogP contribution in [0.5, 0.6) is 17.2 Å². The van der Waals surface area contributed by atoms with Gasteiger partial charge in [-0.05, 0) is 61.1 Å². The lowest BCUT2D eigenvalue weighted by molar-refractivity contribution is -0.122. The van der Waals surface area contributed by atoms with Gasteiger partial charge in [0, 0.05) is 30.7 Å². The topological polar surface area (TPSA) is 89.1 Å². The fraction of sp³-hybridized carbons (Fsp3) is 0.462. The highest BCUT2D eigenvalue weighted by atomic mass is 16.5. The molecule has 4 rings (SSSR count). The van der Waals surface area contributed by atoms with Crippen LogP contribution in [0.15, 0.2) is 36.4 Å². The monoisotopic (exact) mass is 467 g/mol. The number of amides is 2. The summed E-state index contributed by atoms with van der Waals surface area (Å²) in [7, 11) is 4.70. The van der Waals surface area contributed by atoms with Gasteiger partial charge in [-0.2, -0.15) is 0 Å². The van der Waals surface area contributed by atoms with Crippen LogP contribution in [0.4, 0.5) is 0 Å². The van der Waals surface area contributed by atoms with Gasteiger partial charge < -0.3 is 24.8 Å². The maximum absolute atomic E-state index is 12.7. The maximum atomic E-state index is 12.7. The Bertz CT molecular complexity index is 991. The maximum Gasteiger partial charge on any atom is 0.251 e. The molecule has 2 fully saturated rings. The summed E-state index contributed by atoms with van der Waals surface area (Å²) >= 11 is 0. The Hall–Kier alpha value is -3.26. The Morgan fingerprint density at radius 3 is 2.09 bits per heavy atom. The fourth-order valence-corrected chi connectivity index (χ4v) is 3.92. The summed E-state index contributed by atoms with van der Waals surface area (Å²) in [5.41, 5.74) is 2.63. The molecule has 2 amide bonds. The van der Waals surface area contributed by atoms with Crippen LogP contribution in [0.3, 0.4) is 0 Å². The third-order valence-electron chi connectivity index (χ3n) is 6.14. The number of hydrogen-bond donors (Lipinski definition) is 2. The van der Waals surface area contributed by atoms with Gasteiger partial charge in [0.2, 0.25) is 11.7 Å². The molecule has 2 aromatic rings. The lowest BCUT2D eigenvalue weighted by Gasteiger charge is -2.22. The minimum atomic E-state index is -0.0407. The Balaban J connectivity index is 1.32. The Morgan fingerprint density at radius 2 is 1.56 bits per heavy atom. The summed E-state index contributed by atoms with van der Waals surface area (Å²) in [6.45, 7) is 1.35. The highest BCUT2D eigenvalue weighted by Crippen LogP contribution is 2.38. The number of ether oxygens (including phenoxy) is 3. The standard InChI is InChI=1S/C26H33N3O5/c1-32-22-12-18(13-23(33-2)25(22)34-3)14-27-24(30)16-29(21-10-11-21)15-17-4-6-19(7-5-17)26(31)28-20-8-9-20/h4-7,12-13,20-21H,8-11,14-16H2,1-3H3,(H,27,30)(H,28,31). The summed E-state index contributed by atoms with van der Waals surface area (Å²) < 4.78 is 16.1. The summed E-state index contributed by atoms with van der Waals surface area (Å²) in [5, 5.41) is 6.01. The SMILES string of the molecule is COc1cc(CNC(=O)CN(Cc2ccc(C(=O)NC3CC3)cc2)C2CC2)cc(OC)c1OC. The third kappa shape index (κ3) is 6.20. The second kappa shape index (κ2) is 10.8. The molecule has 8 nitrogen and oxygen atoms in total. The zero-order valence-electron chi connectivity index (χ0n) is 20.1. The molecular formula is C26H33N3O5. The summed E-state index contributed by atoms with van der Waals surface area (Å²) in [4.78, 5) is 27.1. The zero-order chi connectivity index (χ0) is 24.1. The van der Waals surface area contributed by atoms with Gasteiger partial charge in [-0.1, -0.05) is 12.1 Å². The molecular weight excluding hydrogens is 434 g/mol. The Labute approximate surface area is 200 Å². The summed E-state index contributed by atoms with van der Waals surface area (Å²) in [6, 6.07) is 12.1. The average molecular weight is 468 g/mol. The number of carbonyl (C=O) groups is 2. The fourth-order valence-electron chi connectivity index (χ4n) is 3.92. The van der Waals surface area contributed by atoms with Crippen molar-refractivity contribution in [2.75, 3.05) is 27.9 Å². The minimum absolute atomic E-state index is 0.0146. The van der Waals surface area contributed by atoms with Crippen molar-refractivity contribution in [1.82, 2.24) is 15.5 Å². The normalized spacial score (nSPS) is 15.1. The van der Waals surface area contributed by atoms with E-state index in [-0.39, 0.29) is 11.8 Å². The van der Waals surface area contributed by atoms with Gasteiger partial charge in [-0.15, -0.1) is 0 Å². The van der Waals surface area contributed by atoms with Gasteiger partial charge in [0.25, 0.3) is 5.91 Å². The van der Waals surface area contributed by atoms with Crippen LogP contribution in [-0.2, 0) is 17.9 Å². The van der Waals surface area contributed by atoms with Crippen molar-refractivity contribution in [3.63, 3.8) is 0 Å². The molecule has 2 aliphatic rings. The molecule has 34 heavy (non-hydrogen) atoms. The van der Waals surface area contributed by atoms with Crippen LogP contribution in [0.25, 0.3) is 0 Å². The van der Waals surface area contributed by atoms with Crippen molar-refractivity contribution in [2.45, 2.75) is 50.9 Å². The van der Waals surface area contributed by atoms with Crippen molar-refractivity contribution < 1.29 is 23.8 Å². The lowest BCUT2D eigenvalue weighted by Crippen LogP contribution is -2.37. The molecule has 0 spiro atoms. The first-order valence-electron chi connectivity index (χ1n) is 11.7. The summed E-state index contributed by atoms with van der Waals surface area (Å²) in [5.74, 6) is 1.58. The molecule has 2 aliphatic carbocycles. The molecule has 0 aliphatic heterocycles. The third-order valence-corrected chi connectivity index (χ3v) is 6.14. The van der Waals surface area contributed by atoms with Crippen molar-refractivity contribution in [1.29, 1.82) is 0 Å². The number of rotatable bonds is 12. The molecule has 0 bridgehead atoms. The van der Waals surface area contributed by atoms with Gasteiger partial charge >= 0.3 is 0 Å². The van der Waals surface area contributed by atoms with Gasteiger partial charge in [-0.3, -0.25) is 14.5 Å². The molecule has 8 heteroatoms. The number of carbonyl (C=O) groups excluding carboxylic acids is 2. The number of hydrogen-bond acceptors (Lipinski definition) is 6. The van der Waals surface area contributed by atoms with Gasteiger partial charge in [0.05, 0.1) is 27.9 Å². The summed E-state index contributed by atoms with van der Waals surface area (Å²) in [6.07, 6.45) is 4.34. The predicted molar refractivity (Wildman–Crippen MR) is 128 cm³/mol. The molecule has 2 aromatic carbocycles. The number of methoxy groups -OCH3 is 3. The van der Waals surface area contributed by atoms with E-state index in [4.69, 9.17) is 14.2 Å². The van der Waals surface area contributed by atoms with E-state index in [1.165, 1.54) is 0 Å². The van der Waals surface area contributed by atoms with Crippen molar-refractivity contribution in [3.05, 3.63) is 53.1 Å². The molecule has 0 heterocycles. The second-order valence-electron chi connectivity index (χ2n) is 8.89. The van der Waals surface area contributed by atoms with Crippen molar-refractivity contribution >= 4 is 11.8 Å². The first-order valence-corrected chi connectivity index (χ1v) is 11.7. The van der Waals surface area contributed by atoms with Gasteiger partial charge in [0.1, 0.15) is 0 Å². The second-order valence-corrected chi connectivity index (χ2v) is 8.89. The minimum Gasteiger partial charge on any atom is -0.493 e. The first-order chi connectivity index (χ1) is 16.5. The predicted octanol–water partition coefficient (Wildman–Crippen LogP) is 2.89. The highest BCUT2D eigenvalue weighted by molar-refractivity contribution is 5.94. The molecule has 0 aromatic heterocycles.